The van der Waals surface area contributed by atoms with Crippen LogP contribution >= 0.6 is 0 Å². The number of aromatic nitrogens is 1. The first-order valence-corrected chi connectivity index (χ1v) is 7.59. The van der Waals surface area contributed by atoms with Crippen LogP contribution in [0.25, 0.3) is 11.1 Å². The molecule has 4 rings (SSSR count). The number of carbonyl (C=O) groups is 3. The largest absolute Gasteiger partial charge is 0.454 e. The Labute approximate surface area is 141 Å². The zero-order chi connectivity index (χ0) is 17.4. The maximum Gasteiger partial charge on any atom is 0.326 e. The van der Waals surface area contributed by atoms with Gasteiger partial charge in [-0.3, -0.25) is 19.3 Å². The number of rotatable bonds is 4. The van der Waals surface area contributed by atoms with Gasteiger partial charge in [-0.25, -0.2) is 4.98 Å². The van der Waals surface area contributed by atoms with Crippen molar-refractivity contribution < 1.29 is 23.5 Å². The van der Waals surface area contributed by atoms with E-state index >= 15 is 0 Å². The Balaban J connectivity index is 1.41. The second-order valence-corrected chi connectivity index (χ2v) is 5.48. The van der Waals surface area contributed by atoms with Gasteiger partial charge in [-0.05, 0) is 24.3 Å². The Kier molecular flexibility index (Phi) is 3.53. The summed E-state index contributed by atoms with van der Waals surface area (Å²) in [5, 5.41) is 0. The third kappa shape index (κ3) is 2.65. The molecule has 2 heterocycles. The van der Waals surface area contributed by atoms with Gasteiger partial charge >= 0.3 is 5.97 Å². The summed E-state index contributed by atoms with van der Waals surface area (Å²) in [6.07, 6.45) is 0. The van der Waals surface area contributed by atoms with Gasteiger partial charge in [0.15, 0.2) is 12.2 Å². The van der Waals surface area contributed by atoms with Crippen LogP contribution in [0.3, 0.4) is 0 Å². The lowest BCUT2D eigenvalue weighted by molar-refractivity contribution is -0.145. The molecule has 0 saturated heterocycles. The van der Waals surface area contributed by atoms with Crippen LogP contribution < -0.4 is 0 Å². The van der Waals surface area contributed by atoms with E-state index in [2.05, 4.69) is 4.98 Å². The Bertz CT molecular complexity index is 939. The Morgan fingerprint density at radius 2 is 1.64 bits per heavy atom. The number of imide groups is 1. The first-order chi connectivity index (χ1) is 12.1. The highest BCUT2D eigenvalue weighted by molar-refractivity contribution is 6.22. The maximum absolute atomic E-state index is 12.2. The van der Waals surface area contributed by atoms with Gasteiger partial charge in [0.05, 0.1) is 11.1 Å². The predicted molar refractivity (Wildman–Crippen MR) is 85.6 cm³/mol. The number of hydrogen-bond acceptors (Lipinski definition) is 6. The number of ether oxygens (including phenoxy) is 1. The van der Waals surface area contributed by atoms with Gasteiger partial charge in [0.25, 0.3) is 11.8 Å². The number of oxazole rings is 1. The van der Waals surface area contributed by atoms with Crippen LogP contribution in [0.5, 0.6) is 0 Å². The lowest BCUT2D eigenvalue weighted by Gasteiger charge is -2.12. The molecule has 1 aromatic heterocycles. The number of carbonyl (C=O) groups excluding carboxylic acids is 3. The Morgan fingerprint density at radius 3 is 2.32 bits per heavy atom. The zero-order valence-corrected chi connectivity index (χ0v) is 13.0. The van der Waals surface area contributed by atoms with E-state index in [1.54, 1.807) is 36.4 Å². The lowest BCUT2D eigenvalue weighted by Crippen LogP contribution is -2.35. The van der Waals surface area contributed by atoms with Crippen molar-refractivity contribution in [3.8, 4) is 0 Å². The van der Waals surface area contributed by atoms with Gasteiger partial charge in [-0.1, -0.05) is 24.3 Å². The number of benzene rings is 2. The molecule has 0 aliphatic carbocycles. The van der Waals surface area contributed by atoms with Crippen LogP contribution in [-0.2, 0) is 16.1 Å². The van der Waals surface area contributed by atoms with E-state index in [1.165, 1.54) is 0 Å². The molecule has 0 N–H and O–H groups in total. The van der Waals surface area contributed by atoms with Crippen molar-refractivity contribution in [2.45, 2.75) is 6.61 Å². The average molecular weight is 336 g/mol. The summed E-state index contributed by atoms with van der Waals surface area (Å²) in [5.41, 5.74) is 1.83. The summed E-state index contributed by atoms with van der Waals surface area (Å²) >= 11 is 0. The van der Waals surface area contributed by atoms with E-state index in [4.69, 9.17) is 9.15 Å². The number of nitrogens with zero attached hydrogens (tertiary/aromatic N) is 2. The van der Waals surface area contributed by atoms with Gasteiger partial charge in [0, 0.05) is 0 Å². The minimum Gasteiger partial charge on any atom is -0.454 e. The van der Waals surface area contributed by atoms with Crippen LogP contribution in [0.4, 0.5) is 0 Å². The van der Waals surface area contributed by atoms with Crippen molar-refractivity contribution in [3.63, 3.8) is 0 Å². The van der Waals surface area contributed by atoms with Crippen molar-refractivity contribution in [3.05, 3.63) is 65.5 Å². The topological polar surface area (TPSA) is 89.7 Å². The molecular formula is C18H12N2O5. The summed E-state index contributed by atoms with van der Waals surface area (Å²) in [6, 6.07) is 13.6. The third-order valence-corrected chi connectivity index (χ3v) is 3.86. The third-order valence-electron chi connectivity index (χ3n) is 3.86. The molecule has 7 nitrogen and oxygen atoms in total. The van der Waals surface area contributed by atoms with Crippen LogP contribution in [0.15, 0.2) is 52.9 Å². The predicted octanol–water partition coefficient (Wildman–Crippen LogP) is 2.17. The fourth-order valence-corrected chi connectivity index (χ4v) is 2.68. The highest BCUT2D eigenvalue weighted by Gasteiger charge is 2.36. The molecule has 1 aliphatic rings. The summed E-state index contributed by atoms with van der Waals surface area (Å²) in [5.74, 6) is -1.47. The standard InChI is InChI=1S/C18H12N2O5/c21-16(24-10-15-19-13-7-3-4-8-14(13)25-15)9-20-17(22)11-5-1-2-6-12(11)18(20)23/h1-8H,9-10H2. The molecule has 2 aromatic carbocycles. The van der Waals surface area contributed by atoms with Gasteiger partial charge in [-0.15, -0.1) is 0 Å². The van der Waals surface area contributed by atoms with E-state index in [1.807, 2.05) is 12.1 Å². The van der Waals surface area contributed by atoms with Crippen molar-refractivity contribution >= 4 is 28.9 Å². The molecule has 0 radical (unpaired) electrons. The molecule has 0 bridgehead atoms. The highest BCUT2D eigenvalue weighted by atomic mass is 16.5. The summed E-state index contributed by atoms with van der Waals surface area (Å²) in [6.45, 7) is -0.622. The van der Waals surface area contributed by atoms with Crippen molar-refractivity contribution in [2.24, 2.45) is 0 Å². The quantitative estimate of drug-likeness (QED) is 0.536. The van der Waals surface area contributed by atoms with E-state index in [-0.39, 0.29) is 12.5 Å². The van der Waals surface area contributed by atoms with E-state index < -0.39 is 24.3 Å². The second kappa shape index (κ2) is 5.86. The van der Waals surface area contributed by atoms with Crippen molar-refractivity contribution in [1.82, 2.24) is 9.88 Å². The lowest BCUT2D eigenvalue weighted by atomic mass is 10.1. The molecule has 0 saturated carbocycles. The second-order valence-electron chi connectivity index (χ2n) is 5.48. The number of hydrogen-bond donors (Lipinski definition) is 0. The van der Waals surface area contributed by atoms with Gasteiger partial charge < -0.3 is 9.15 Å². The highest BCUT2D eigenvalue weighted by Crippen LogP contribution is 2.22. The van der Waals surface area contributed by atoms with Gasteiger partial charge in [0.2, 0.25) is 5.89 Å². The van der Waals surface area contributed by atoms with E-state index in [9.17, 15) is 14.4 Å². The minimum absolute atomic E-state index is 0.170. The Morgan fingerprint density at radius 1 is 1.00 bits per heavy atom. The van der Waals surface area contributed by atoms with E-state index in [0.29, 0.717) is 22.2 Å². The molecule has 2 amide bonds. The van der Waals surface area contributed by atoms with Crippen molar-refractivity contribution in [1.29, 1.82) is 0 Å². The number of esters is 1. The SMILES string of the molecule is O=C(CN1C(=O)c2ccccc2C1=O)OCc1nc2ccccc2o1. The monoisotopic (exact) mass is 336 g/mol. The van der Waals surface area contributed by atoms with Crippen molar-refractivity contribution in [2.75, 3.05) is 6.54 Å². The number of para-hydroxylation sites is 2. The number of amides is 2. The molecule has 0 unspecified atom stereocenters. The van der Waals surface area contributed by atoms with Crippen LogP contribution in [0.2, 0.25) is 0 Å². The molecule has 25 heavy (non-hydrogen) atoms. The van der Waals surface area contributed by atoms with Crippen LogP contribution in [-0.4, -0.2) is 34.2 Å². The normalized spacial score (nSPS) is 13.4. The molecule has 0 fully saturated rings. The van der Waals surface area contributed by atoms with Crippen LogP contribution in [0, 0.1) is 0 Å². The molecule has 3 aromatic rings. The molecule has 124 valence electrons. The van der Waals surface area contributed by atoms with Gasteiger partial charge in [0.1, 0.15) is 12.1 Å². The first kappa shape index (κ1) is 15.1. The average Bonchev–Trinajstić information content (AvgIpc) is 3.15. The summed E-state index contributed by atoms with van der Waals surface area (Å²) in [7, 11) is 0. The maximum atomic E-state index is 12.2. The summed E-state index contributed by atoms with van der Waals surface area (Å²) in [4.78, 5) is 41.5. The summed E-state index contributed by atoms with van der Waals surface area (Å²) < 4.78 is 10.5. The molecule has 0 atom stereocenters. The van der Waals surface area contributed by atoms with Crippen LogP contribution in [0.1, 0.15) is 26.6 Å². The fraction of sp³-hybridized carbons (Fsp3) is 0.111. The Hall–Kier alpha value is -3.48. The zero-order valence-electron chi connectivity index (χ0n) is 13.0. The molecule has 0 spiro atoms. The smallest absolute Gasteiger partial charge is 0.326 e. The fourth-order valence-electron chi connectivity index (χ4n) is 2.68. The first-order valence-electron chi connectivity index (χ1n) is 7.59. The molecule has 1 aliphatic heterocycles. The van der Waals surface area contributed by atoms with Gasteiger partial charge in [-0.2, -0.15) is 0 Å². The number of fused-ring (bicyclic) bond motifs is 2. The molecular weight excluding hydrogens is 324 g/mol. The minimum atomic E-state index is -0.711. The molecule has 7 heteroatoms. The van der Waals surface area contributed by atoms with E-state index in [0.717, 1.165) is 4.90 Å².